The third-order valence-corrected chi connectivity index (χ3v) is 5.83. The lowest BCUT2D eigenvalue weighted by molar-refractivity contribution is 1.03. The predicted octanol–water partition coefficient (Wildman–Crippen LogP) is 4.35. The van der Waals surface area contributed by atoms with Gasteiger partial charge in [0.2, 0.25) is 0 Å². The highest BCUT2D eigenvalue weighted by Gasteiger charge is 2.15. The molecule has 13 heavy (non-hydrogen) atoms. The lowest BCUT2D eigenvalue weighted by atomic mass is 10.5. The molecule has 0 saturated heterocycles. The van der Waals surface area contributed by atoms with Crippen molar-refractivity contribution in [1.82, 2.24) is 0 Å². The maximum Gasteiger partial charge on any atom is 0.0347 e. The van der Waals surface area contributed by atoms with E-state index >= 15 is 0 Å². The first-order chi connectivity index (χ1) is 5.91. The largest absolute Gasteiger partial charge is 0.123 e. The normalized spacial score (nSPS) is 20.8. The van der Waals surface area contributed by atoms with E-state index in [4.69, 9.17) is 34.8 Å². The Labute approximate surface area is 98.1 Å². The average Bonchev–Trinajstić information content (AvgIpc) is 1.80. The summed E-state index contributed by atoms with van der Waals surface area (Å²) in [6, 6.07) is 0. The highest BCUT2D eigenvalue weighted by molar-refractivity contribution is 7.58. The van der Waals surface area contributed by atoms with Crippen LogP contribution in [0.25, 0.3) is 0 Å². The van der Waals surface area contributed by atoms with Crippen LogP contribution in [0.2, 0.25) is 0 Å². The van der Waals surface area contributed by atoms with Gasteiger partial charge in [-0.15, -0.1) is 42.7 Å². The van der Waals surface area contributed by atoms with Gasteiger partial charge in [0, 0.05) is 16.1 Å². The fourth-order valence-corrected chi connectivity index (χ4v) is 5.63. The summed E-state index contributed by atoms with van der Waals surface area (Å²) < 4.78 is 0. The van der Waals surface area contributed by atoms with Gasteiger partial charge in [-0.1, -0.05) is 0 Å². The summed E-state index contributed by atoms with van der Waals surface area (Å²) in [6.45, 7) is 6.11. The summed E-state index contributed by atoms with van der Waals surface area (Å²) in [5.74, 6) is 0. The molecule has 0 aromatic heterocycles. The maximum absolute atomic E-state index is 5.97. The molecule has 0 saturated carbocycles. The molecule has 0 radical (unpaired) electrons. The molecule has 0 spiro atoms. The second-order valence-electron chi connectivity index (χ2n) is 3.56. The van der Waals surface area contributed by atoms with E-state index in [1.165, 1.54) is 0 Å². The van der Waals surface area contributed by atoms with Crippen molar-refractivity contribution in [3.63, 3.8) is 0 Å². The molecule has 0 aromatic rings. The molecule has 0 aliphatic carbocycles. The number of alkyl halides is 3. The predicted molar refractivity (Wildman–Crippen MR) is 67.5 cm³/mol. The Morgan fingerprint density at radius 2 is 1.00 bits per heavy atom. The molecule has 0 amide bonds. The zero-order valence-corrected chi connectivity index (χ0v) is 11.6. The van der Waals surface area contributed by atoms with Crippen LogP contribution in [0.4, 0.5) is 0 Å². The first-order valence-corrected chi connectivity index (χ1v) is 7.77. The van der Waals surface area contributed by atoms with E-state index in [1.54, 1.807) is 0 Å². The number of hydrogen-bond donors (Lipinski definition) is 0. The van der Waals surface area contributed by atoms with Gasteiger partial charge in [-0.05, 0) is 39.3 Å². The Bertz CT molecular complexity index is 102. The fourth-order valence-electron chi connectivity index (χ4n) is 1.29. The van der Waals surface area contributed by atoms with Crippen LogP contribution in [-0.4, -0.2) is 34.6 Å². The zero-order valence-electron chi connectivity index (χ0n) is 8.43. The van der Waals surface area contributed by atoms with E-state index < -0.39 is 0 Å². The standard InChI is InChI=1S/C9H18Cl3P/c1-7(10)4-13(5-8(2)11)6-9(3)12/h7-9H,4-6H2,1-3H3. The lowest BCUT2D eigenvalue weighted by Gasteiger charge is -2.21. The van der Waals surface area contributed by atoms with E-state index in [0.717, 1.165) is 18.5 Å². The van der Waals surface area contributed by atoms with Crippen molar-refractivity contribution < 1.29 is 0 Å². The van der Waals surface area contributed by atoms with E-state index in [9.17, 15) is 0 Å². The van der Waals surface area contributed by atoms with Crippen molar-refractivity contribution >= 4 is 42.7 Å². The SMILES string of the molecule is CC(Cl)CP(CC(C)Cl)CC(C)Cl. The van der Waals surface area contributed by atoms with Crippen molar-refractivity contribution in [3.8, 4) is 0 Å². The molecule has 0 heterocycles. The Hall–Kier alpha value is 1.30. The first-order valence-electron chi connectivity index (χ1n) is 4.56. The van der Waals surface area contributed by atoms with Gasteiger partial charge in [-0.2, -0.15) is 0 Å². The van der Waals surface area contributed by atoms with Gasteiger partial charge in [0.1, 0.15) is 0 Å². The summed E-state index contributed by atoms with van der Waals surface area (Å²) in [6.07, 6.45) is 3.22. The van der Waals surface area contributed by atoms with E-state index in [0.29, 0.717) is 0 Å². The number of rotatable bonds is 6. The summed E-state index contributed by atoms with van der Waals surface area (Å²) in [5.41, 5.74) is 0. The van der Waals surface area contributed by atoms with E-state index in [1.807, 2.05) is 20.8 Å². The molecule has 0 N–H and O–H groups in total. The number of halogens is 3. The van der Waals surface area contributed by atoms with Crippen molar-refractivity contribution in [2.75, 3.05) is 18.5 Å². The van der Waals surface area contributed by atoms with E-state index in [-0.39, 0.29) is 24.1 Å². The molecule has 0 fully saturated rings. The Kier molecular flexibility index (Phi) is 8.33. The topological polar surface area (TPSA) is 0 Å². The van der Waals surface area contributed by atoms with Crippen LogP contribution >= 0.6 is 42.7 Å². The van der Waals surface area contributed by atoms with Crippen LogP contribution < -0.4 is 0 Å². The zero-order chi connectivity index (χ0) is 10.4. The Morgan fingerprint density at radius 3 is 1.15 bits per heavy atom. The van der Waals surface area contributed by atoms with Crippen molar-refractivity contribution in [2.45, 2.75) is 36.9 Å². The van der Waals surface area contributed by atoms with Crippen LogP contribution in [0.5, 0.6) is 0 Å². The van der Waals surface area contributed by atoms with Crippen LogP contribution in [-0.2, 0) is 0 Å². The molecule has 3 atom stereocenters. The van der Waals surface area contributed by atoms with Crippen molar-refractivity contribution in [1.29, 1.82) is 0 Å². The van der Waals surface area contributed by atoms with Gasteiger partial charge in [-0.25, -0.2) is 0 Å². The molecular weight excluding hydrogens is 245 g/mol. The van der Waals surface area contributed by atoms with Gasteiger partial charge < -0.3 is 0 Å². The Balaban J connectivity index is 3.87. The Morgan fingerprint density at radius 1 is 0.769 bits per heavy atom. The maximum atomic E-state index is 5.97. The molecule has 0 nitrogen and oxygen atoms in total. The molecule has 3 unspecified atom stereocenters. The summed E-state index contributed by atoms with van der Waals surface area (Å²) >= 11 is 17.9. The highest BCUT2D eigenvalue weighted by atomic mass is 35.5. The van der Waals surface area contributed by atoms with Gasteiger partial charge in [-0.3, -0.25) is 0 Å². The van der Waals surface area contributed by atoms with Gasteiger partial charge in [0.05, 0.1) is 0 Å². The molecule has 80 valence electrons. The second-order valence-corrected chi connectivity index (χ2v) is 8.23. The molecule has 0 aliphatic heterocycles. The van der Waals surface area contributed by atoms with Crippen LogP contribution in [0.1, 0.15) is 20.8 Å². The minimum absolute atomic E-state index is 0.0748. The monoisotopic (exact) mass is 262 g/mol. The molecule has 4 heteroatoms. The third kappa shape index (κ3) is 9.60. The van der Waals surface area contributed by atoms with Crippen molar-refractivity contribution in [3.05, 3.63) is 0 Å². The molecule has 0 rings (SSSR count). The van der Waals surface area contributed by atoms with Gasteiger partial charge in [0.15, 0.2) is 0 Å². The summed E-state index contributed by atoms with van der Waals surface area (Å²) in [5, 5.41) is 0.742. The fraction of sp³-hybridized carbons (Fsp3) is 1.00. The minimum atomic E-state index is -0.0748. The third-order valence-electron chi connectivity index (χ3n) is 1.53. The molecule has 0 aliphatic rings. The second kappa shape index (κ2) is 7.57. The van der Waals surface area contributed by atoms with Crippen LogP contribution in [0, 0.1) is 0 Å². The average molecular weight is 264 g/mol. The first kappa shape index (κ1) is 14.3. The van der Waals surface area contributed by atoms with Crippen LogP contribution in [0.15, 0.2) is 0 Å². The van der Waals surface area contributed by atoms with E-state index in [2.05, 4.69) is 0 Å². The summed E-state index contributed by atoms with van der Waals surface area (Å²) in [7, 11) is -0.0748. The van der Waals surface area contributed by atoms with Gasteiger partial charge in [0.25, 0.3) is 0 Å². The number of hydrogen-bond acceptors (Lipinski definition) is 0. The smallest absolute Gasteiger partial charge is 0.0347 e. The van der Waals surface area contributed by atoms with Crippen molar-refractivity contribution in [2.24, 2.45) is 0 Å². The minimum Gasteiger partial charge on any atom is -0.123 e. The lowest BCUT2D eigenvalue weighted by Crippen LogP contribution is -2.11. The molecular formula is C9H18Cl3P. The molecule has 0 bridgehead atoms. The summed E-state index contributed by atoms with van der Waals surface area (Å²) in [4.78, 5) is 0. The van der Waals surface area contributed by atoms with Gasteiger partial charge >= 0.3 is 0 Å². The quantitative estimate of drug-likeness (QED) is 0.494. The van der Waals surface area contributed by atoms with Crippen LogP contribution in [0.3, 0.4) is 0 Å². The highest BCUT2D eigenvalue weighted by Crippen LogP contribution is 2.40. The molecule has 0 aromatic carbocycles.